The highest BCUT2D eigenvalue weighted by molar-refractivity contribution is 7.13. The second-order valence-corrected chi connectivity index (χ2v) is 9.11. The molecule has 1 aliphatic heterocycles. The highest BCUT2D eigenvalue weighted by Gasteiger charge is 2.38. The molecule has 0 bridgehead atoms. The first-order valence-electron chi connectivity index (χ1n) is 11.1. The number of benzene rings is 3. The van der Waals surface area contributed by atoms with E-state index < -0.39 is 23.6 Å². The number of para-hydroxylation sites is 1. The van der Waals surface area contributed by atoms with Gasteiger partial charge in [0, 0.05) is 17.1 Å². The van der Waals surface area contributed by atoms with Gasteiger partial charge in [0.2, 0.25) is 0 Å². The lowest BCUT2D eigenvalue weighted by Crippen LogP contribution is -2.30. The van der Waals surface area contributed by atoms with Gasteiger partial charge in [-0.2, -0.15) is 0 Å². The van der Waals surface area contributed by atoms with Crippen LogP contribution < -0.4 is 15.5 Å². The van der Waals surface area contributed by atoms with Gasteiger partial charge in [0.15, 0.2) is 5.13 Å². The van der Waals surface area contributed by atoms with Crippen molar-refractivity contribution < 1.29 is 19.2 Å². The number of carbonyl (C=O) groups is 4. The predicted molar refractivity (Wildman–Crippen MR) is 138 cm³/mol. The van der Waals surface area contributed by atoms with Crippen LogP contribution in [0.3, 0.4) is 0 Å². The normalized spacial score (nSPS) is 12.4. The van der Waals surface area contributed by atoms with Gasteiger partial charge in [0.05, 0.1) is 28.1 Å². The van der Waals surface area contributed by atoms with Crippen molar-refractivity contribution in [2.24, 2.45) is 0 Å². The molecular weight excluding hydrogens is 476 g/mol. The molecule has 9 heteroatoms. The molecule has 1 aromatic heterocycles. The molecule has 1 aliphatic rings. The van der Waals surface area contributed by atoms with Crippen molar-refractivity contribution in [3.8, 4) is 0 Å². The van der Waals surface area contributed by atoms with Gasteiger partial charge in [-0.1, -0.05) is 24.3 Å². The predicted octanol–water partition coefficient (Wildman–Crippen LogP) is 5.07. The van der Waals surface area contributed by atoms with Crippen molar-refractivity contribution in [1.29, 1.82) is 0 Å². The number of hydrogen-bond donors (Lipinski definition) is 2. The molecule has 0 saturated heterocycles. The third-order valence-electron chi connectivity index (χ3n) is 6.04. The van der Waals surface area contributed by atoms with E-state index in [0.29, 0.717) is 16.5 Å². The van der Waals surface area contributed by atoms with Gasteiger partial charge in [-0.25, -0.2) is 9.88 Å². The summed E-state index contributed by atoms with van der Waals surface area (Å²) in [7, 11) is 0. The number of anilines is 3. The second kappa shape index (κ2) is 9.20. The Hall–Kier alpha value is -4.63. The van der Waals surface area contributed by atoms with Crippen molar-refractivity contribution in [3.63, 3.8) is 0 Å². The zero-order chi connectivity index (χ0) is 25.4. The lowest BCUT2D eigenvalue weighted by atomic mass is 10.0. The van der Waals surface area contributed by atoms with Crippen LogP contribution in [0.25, 0.3) is 0 Å². The van der Waals surface area contributed by atoms with E-state index in [1.807, 2.05) is 19.9 Å². The van der Waals surface area contributed by atoms with Crippen LogP contribution in [0, 0.1) is 13.8 Å². The van der Waals surface area contributed by atoms with Gasteiger partial charge in [-0.3, -0.25) is 24.5 Å². The molecule has 0 unspecified atom stereocenters. The van der Waals surface area contributed by atoms with Crippen molar-refractivity contribution in [3.05, 3.63) is 106 Å². The van der Waals surface area contributed by atoms with Gasteiger partial charge >= 0.3 is 0 Å². The molecule has 0 aliphatic carbocycles. The molecule has 0 radical (unpaired) electrons. The number of rotatable bonds is 5. The minimum absolute atomic E-state index is 0.156. The summed E-state index contributed by atoms with van der Waals surface area (Å²) in [6.45, 7) is 3.77. The molecule has 0 spiro atoms. The van der Waals surface area contributed by atoms with E-state index in [-0.39, 0.29) is 22.3 Å². The Morgan fingerprint density at radius 2 is 1.64 bits per heavy atom. The van der Waals surface area contributed by atoms with E-state index in [9.17, 15) is 19.2 Å². The van der Waals surface area contributed by atoms with Crippen LogP contribution in [0.2, 0.25) is 0 Å². The summed E-state index contributed by atoms with van der Waals surface area (Å²) >= 11 is 1.28. The van der Waals surface area contributed by atoms with Gasteiger partial charge in [0.25, 0.3) is 23.6 Å². The lowest BCUT2D eigenvalue weighted by molar-refractivity contribution is 0.0924. The van der Waals surface area contributed by atoms with Crippen LogP contribution in [-0.2, 0) is 0 Å². The smallest absolute Gasteiger partial charge is 0.266 e. The molecule has 2 heterocycles. The van der Waals surface area contributed by atoms with Crippen molar-refractivity contribution in [2.75, 3.05) is 15.5 Å². The molecule has 0 fully saturated rings. The topological polar surface area (TPSA) is 108 Å². The maximum Gasteiger partial charge on any atom is 0.266 e. The summed E-state index contributed by atoms with van der Waals surface area (Å²) in [4.78, 5) is 57.3. The molecule has 0 atom stereocenters. The average Bonchev–Trinajstić information content (AvgIpc) is 3.47. The number of hydrogen-bond acceptors (Lipinski definition) is 6. The number of amides is 4. The van der Waals surface area contributed by atoms with Gasteiger partial charge < -0.3 is 5.32 Å². The van der Waals surface area contributed by atoms with Crippen molar-refractivity contribution in [2.45, 2.75) is 13.8 Å². The largest absolute Gasteiger partial charge is 0.321 e. The van der Waals surface area contributed by atoms with Crippen LogP contribution in [-0.4, -0.2) is 28.6 Å². The molecule has 4 amide bonds. The van der Waals surface area contributed by atoms with Crippen molar-refractivity contribution >= 4 is 51.5 Å². The summed E-state index contributed by atoms with van der Waals surface area (Å²) in [6, 6.07) is 16.4. The standard InChI is InChI=1S/C27H20N4O4S/c1-15-6-5-9-22(16(15)2)31-25(34)18-11-10-17(14-20(18)26(31)35)23(32)29-21-8-4-3-7-19(21)24(33)30-27-28-12-13-36-27/h3-14H,1-2H3,(H,29,32)(H,28,30,33). The number of imide groups is 1. The number of fused-ring (bicyclic) bond motifs is 1. The number of nitrogens with zero attached hydrogens (tertiary/aromatic N) is 2. The summed E-state index contributed by atoms with van der Waals surface area (Å²) in [6.07, 6.45) is 1.58. The zero-order valence-electron chi connectivity index (χ0n) is 19.4. The monoisotopic (exact) mass is 496 g/mol. The minimum atomic E-state index is -0.516. The molecule has 8 nitrogen and oxygen atoms in total. The fourth-order valence-electron chi connectivity index (χ4n) is 4.01. The highest BCUT2D eigenvalue weighted by atomic mass is 32.1. The zero-order valence-corrected chi connectivity index (χ0v) is 20.2. The molecule has 5 rings (SSSR count). The molecule has 0 saturated carbocycles. The average molecular weight is 497 g/mol. The number of nitrogens with one attached hydrogen (secondary N) is 2. The number of aryl methyl sites for hydroxylation is 1. The van der Waals surface area contributed by atoms with E-state index in [4.69, 9.17) is 0 Å². The molecule has 178 valence electrons. The van der Waals surface area contributed by atoms with Crippen molar-refractivity contribution in [1.82, 2.24) is 4.98 Å². The molecule has 2 N–H and O–H groups in total. The molecule has 3 aromatic carbocycles. The fraction of sp³-hybridized carbons (Fsp3) is 0.0741. The Balaban J connectivity index is 1.41. The second-order valence-electron chi connectivity index (χ2n) is 8.22. The Morgan fingerprint density at radius 1 is 0.861 bits per heavy atom. The maximum atomic E-state index is 13.2. The van der Waals surface area contributed by atoms with E-state index in [1.165, 1.54) is 29.5 Å². The van der Waals surface area contributed by atoms with Crippen LogP contribution in [0.4, 0.5) is 16.5 Å². The summed E-state index contributed by atoms with van der Waals surface area (Å²) < 4.78 is 0. The van der Waals surface area contributed by atoms with Crippen LogP contribution in [0.5, 0.6) is 0 Å². The third kappa shape index (κ3) is 4.05. The number of thiazole rings is 1. The van der Waals surface area contributed by atoms with E-state index in [2.05, 4.69) is 15.6 Å². The quantitative estimate of drug-likeness (QED) is 0.375. The van der Waals surface area contributed by atoms with Crippen LogP contribution in [0.1, 0.15) is 52.6 Å². The van der Waals surface area contributed by atoms with E-state index in [1.54, 1.807) is 48.0 Å². The minimum Gasteiger partial charge on any atom is -0.321 e. The maximum absolute atomic E-state index is 13.2. The first kappa shape index (κ1) is 23.1. The van der Waals surface area contributed by atoms with Gasteiger partial charge in [-0.15, -0.1) is 11.3 Å². The van der Waals surface area contributed by atoms with Gasteiger partial charge in [-0.05, 0) is 61.4 Å². The van der Waals surface area contributed by atoms with E-state index in [0.717, 1.165) is 16.0 Å². The molecule has 36 heavy (non-hydrogen) atoms. The Kier molecular flexibility index (Phi) is 5.91. The van der Waals surface area contributed by atoms with E-state index >= 15 is 0 Å². The molecule has 4 aromatic rings. The third-order valence-corrected chi connectivity index (χ3v) is 6.73. The lowest BCUT2D eigenvalue weighted by Gasteiger charge is -2.17. The number of carbonyl (C=O) groups excluding carboxylic acids is 4. The number of aromatic nitrogens is 1. The summed E-state index contributed by atoms with van der Waals surface area (Å²) in [5.74, 6) is -1.85. The van der Waals surface area contributed by atoms with Gasteiger partial charge in [0.1, 0.15) is 0 Å². The van der Waals surface area contributed by atoms with Crippen LogP contribution in [0.15, 0.2) is 72.2 Å². The first-order chi connectivity index (χ1) is 17.3. The highest BCUT2D eigenvalue weighted by Crippen LogP contribution is 2.32. The summed E-state index contributed by atoms with van der Waals surface area (Å²) in [5, 5.41) is 7.61. The SMILES string of the molecule is Cc1cccc(N2C(=O)c3ccc(C(=O)Nc4ccccc4C(=O)Nc4nccs4)cc3C2=O)c1C. The Bertz CT molecular complexity index is 1550. The Labute approximate surface area is 210 Å². The first-order valence-corrected chi connectivity index (χ1v) is 11.9. The molecular formula is C27H20N4O4S. The fourth-order valence-corrected chi connectivity index (χ4v) is 4.54. The Morgan fingerprint density at radius 3 is 2.42 bits per heavy atom. The van der Waals surface area contributed by atoms with Crippen LogP contribution >= 0.6 is 11.3 Å². The summed E-state index contributed by atoms with van der Waals surface area (Å²) in [5.41, 5.74) is 3.45.